The first-order valence-corrected chi connectivity index (χ1v) is 11.9. The summed E-state index contributed by atoms with van der Waals surface area (Å²) < 4.78 is 110. The quantitative estimate of drug-likeness (QED) is 0.510. The minimum Gasteiger partial charge on any atom is -0.495 e. The van der Waals surface area contributed by atoms with Gasteiger partial charge in [0.15, 0.2) is 0 Å². The number of amides is 1. The average Bonchev–Trinajstić information content (AvgIpc) is 2.77. The summed E-state index contributed by atoms with van der Waals surface area (Å²) in [6, 6.07) is 4.72. The summed E-state index contributed by atoms with van der Waals surface area (Å²) in [7, 11) is -2.58. The van der Waals surface area contributed by atoms with Crippen LogP contribution in [-0.2, 0) is 27.2 Å². The number of methoxy groups -OCH3 is 1. The van der Waals surface area contributed by atoms with Gasteiger partial charge >= 0.3 is 12.4 Å². The van der Waals surface area contributed by atoms with Gasteiger partial charge in [-0.1, -0.05) is 11.6 Å². The van der Waals surface area contributed by atoms with Gasteiger partial charge < -0.3 is 10.1 Å². The van der Waals surface area contributed by atoms with Crippen LogP contribution >= 0.6 is 11.6 Å². The monoisotopic (exact) mass is 544 g/mol. The van der Waals surface area contributed by atoms with Crippen molar-refractivity contribution in [1.29, 1.82) is 0 Å². The van der Waals surface area contributed by atoms with Crippen molar-refractivity contribution >= 4 is 33.2 Å². The minimum atomic E-state index is -5.05. The van der Waals surface area contributed by atoms with Crippen LogP contribution in [0.3, 0.4) is 0 Å². The lowest BCUT2D eigenvalue weighted by molar-refractivity contribution is -0.143. The third-order valence-corrected chi connectivity index (χ3v) is 7.63. The van der Waals surface area contributed by atoms with E-state index < -0.39 is 51.0 Å². The number of carbonyl (C=O) groups excluding carboxylic acids is 1. The molecule has 0 saturated carbocycles. The molecule has 1 aliphatic heterocycles. The fraction of sp³-hybridized carbons (Fsp3) is 0.381. The molecule has 0 bridgehead atoms. The van der Waals surface area contributed by atoms with Gasteiger partial charge in [-0.3, -0.25) is 4.79 Å². The number of carbonyl (C=O) groups is 1. The maximum Gasteiger partial charge on any atom is 0.416 e. The maximum atomic E-state index is 13.0. The normalized spacial score (nSPS) is 16.2. The van der Waals surface area contributed by atoms with Crippen molar-refractivity contribution in [2.75, 3.05) is 25.5 Å². The van der Waals surface area contributed by atoms with E-state index in [4.69, 9.17) is 16.3 Å². The molecular formula is C21H19ClF6N2O4S. The van der Waals surface area contributed by atoms with E-state index in [2.05, 4.69) is 5.32 Å². The molecule has 1 fully saturated rings. The summed E-state index contributed by atoms with van der Waals surface area (Å²) in [4.78, 5) is 12.5. The number of nitrogens with one attached hydrogen (secondary N) is 1. The summed E-state index contributed by atoms with van der Waals surface area (Å²) in [5.41, 5.74) is -3.76. The largest absolute Gasteiger partial charge is 0.495 e. The summed E-state index contributed by atoms with van der Waals surface area (Å²) in [5.74, 6) is -1.34. The molecule has 2 aromatic carbocycles. The van der Waals surface area contributed by atoms with Crippen LogP contribution in [0.1, 0.15) is 24.0 Å². The van der Waals surface area contributed by atoms with Gasteiger partial charge in [0.2, 0.25) is 15.9 Å². The lowest BCUT2D eigenvalue weighted by atomic mass is 9.97. The summed E-state index contributed by atoms with van der Waals surface area (Å²) in [5, 5.41) is 2.19. The Bertz CT molecular complexity index is 1180. The zero-order valence-electron chi connectivity index (χ0n) is 18.0. The van der Waals surface area contributed by atoms with Crippen LogP contribution in [0.5, 0.6) is 5.75 Å². The van der Waals surface area contributed by atoms with Crippen molar-refractivity contribution in [3.8, 4) is 5.75 Å². The molecule has 1 N–H and O–H groups in total. The number of benzene rings is 2. The van der Waals surface area contributed by atoms with E-state index in [-0.39, 0.29) is 47.7 Å². The van der Waals surface area contributed by atoms with E-state index in [1.807, 2.05) is 0 Å². The molecule has 2 aromatic rings. The van der Waals surface area contributed by atoms with Gasteiger partial charge in [-0.25, -0.2) is 8.42 Å². The Hall–Kier alpha value is -2.51. The van der Waals surface area contributed by atoms with E-state index in [0.717, 1.165) is 4.31 Å². The first-order valence-electron chi connectivity index (χ1n) is 10.1. The number of ether oxygens (including phenoxy) is 1. The number of hydrogen-bond acceptors (Lipinski definition) is 4. The SMILES string of the molecule is COc1ccc(S(=O)(=O)N2CCC(C(=O)Nc3cc(C(F)(F)F)cc(C(F)(F)F)c3)CC2)cc1Cl. The molecule has 0 radical (unpaired) electrons. The molecule has 1 saturated heterocycles. The number of alkyl halides is 6. The number of piperidine rings is 1. The summed E-state index contributed by atoms with van der Waals surface area (Å²) in [6.45, 7) is -0.166. The molecule has 0 atom stereocenters. The Labute approximate surface area is 201 Å². The van der Waals surface area contributed by atoms with E-state index >= 15 is 0 Å². The highest BCUT2D eigenvalue weighted by atomic mass is 35.5. The van der Waals surface area contributed by atoms with Gasteiger partial charge in [-0.05, 0) is 49.2 Å². The highest BCUT2D eigenvalue weighted by Crippen LogP contribution is 2.38. The maximum absolute atomic E-state index is 13.0. The highest BCUT2D eigenvalue weighted by Gasteiger charge is 2.38. The Morgan fingerprint density at radius 1 is 1.00 bits per heavy atom. The molecule has 192 valence electrons. The van der Waals surface area contributed by atoms with E-state index in [1.54, 1.807) is 0 Å². The number of rotatable bonds is 5. The van der Waals surface area contributed by atoms with E-state index in [0.29, 0.717) is 12.1 Å². The number of nitrogens with zero attached hydrogens (tertiary/aromatic N) is 1. The van der Waals surface area contributed by atoms with Crippen molar-refractivity contribution in [2.24, 2.45) is 5.92 Å². The van der Waals surface area contributed by atoms with Gasteiger partial charge in [0, 0.05) is 24.7 Å². The van der Waals surface area contributed by atoms with Crippen LogP contribution in [0.15, 0.2) is 41.3 Å². The standard InChI is InChI=1S/C21H19ClF6N2O4S/c1-34-18-3-2-16(11-17(18)22)35(32,33)30-6-4-12(5-7-30)19(31)29-15-9-13(20(23,24)25)8-14(10-15)21(26,27)28/h2-3,8-12H,4-7H2,1H3,(H,29,31). The number of anilines is 1. The van der Waals surface area contributed by atoms with Gasteiger partial charge in [0.05, 0.1) is 28.2 Å². The lowest BCUT2D eigenvalue weighted by Crippen LogP contribution is -2.41. The molecule has 1 aliphatic rings. The molecule has 6 nitrogen and oxygen atoms in total. The predicted octanol–water partition coefficient (Wildman–Crippen LogP) is 5.43. The molecule has 0 unspecified atom stereocenters. The van der Waals surface area contributed by atoms with Crippen LogP contribution in [0.4, 0.5) is 32.0 Å². The number of halogens is 7. The van der Waals surface area contributed by atoms with Crippen molar-refractivity contribution < 1.29 is 44.3 Å². The molecule has 35 heavy (non-hydrogen) atoms. The van der Waals surface area contributed by atoms with Crippen LogP contribution in [0.2, 0.25) is 5.02 Å². The molecule has 0 spiro atoms. The van der Waals surface area contributed by atoms with Crippen LogP contribution < -0.4 is 10.1 Å². The van der Waals surface area contributed by atoms with Gasteiger partial charge in [0.25, 0.3) is 0 Å². The molecule has 1 amide bonds. The zero-order valence-corrected chi connectivity index (χ0v) is 19.6. The number of hydrogen-bond donors (Lipinski definition) is 1. The first kappa shape index (κ1) is 27.1. The third-order valence-electron chi connectivity index (χ3n) is 5.44. The third kappa shape index (κ3) is 6.19. The summed E-state index contributed by atoms with van der Waals surface area (Å²) >= 11 is 5.99. The molecular weight excluding hydrogens is 526 g/mol. The van der Waals surface area contributed by atoms with E-state index in [1.165, 1.54) is 25.3 Å². The van der Waals surface area contributed by atoms with Gasteiger partial charge in [0.1, 0.15) is 5.75 Å². The fourth-order valence-corrected chi connectivity index (χ4v) is 5.41. The van der Waals surface area contributed by atoms with Crippen molar-refractivity contribution in [2.45, 2.75) is 30.1 Å². The smallest absolute Gasteiger partial charge is 0.416 e. The fourth-order valence-electron chi connectivity index (χ4n) is 3.59. The second-order valence-corrected chi connectivity index (χ2v) is 10.1. The van der Waals surface area contributed by atoms with Crippen LogP contribution in [0, 0.1) is 5.92 Å². The van der Waals surface area contributed by atoms with Crippen LogP contribution in [-0.4, -0.2) is 38.8 Å². The Kier molecular flexibility index (Phi) is 7.63. The summed E-state index contributed by atoms with van der Waals surface area (Å²) in [6.07, 6.45) is -10.1. The molecule has 0 aliphatic carbocycles. The molecule has 1 heterocycles. The van der Waals surface area contributed by atoms with Crippen molar-refractivity contribution in [1.82, 2.24) is 4.31 Å². The first-order chi connectivity index (χ1) is 16.1. The van der Waals surface area contributed by atoms with Crippen molar-refractivity contribution in [3.05, 3.63) is 52.5 Å². The van der Waals surface area contributed by atoms with Gasteiger partial charge in [-0.15, -0.1) is 0 Å². The molecule has 0 aromatic heterocycles. The average molecular weight is 545 g/mol. The van der Waals surface area contributed by atoms with Crippen molar-refractivity contribution in [3.63, 3.8) is 0 Å². The predicted molar refractivity (Wildman–Crippen MR) is 115 cm³/mol. The molecule has 3 rings (SSSR count). The van der Waals surface area contributed by atoms with E-state index in [9.17, 15) is 39.6 Å². The molecule has 14 heteroatoms. The second kappa shape index (κ2) is 9.86. The van der Waals surface area contributed by atoms with Gasteiger partial charge in [-0.2, -0.15) is 30.6 Å². The topological polar surface area (TPSA) is 75.7 Å². The zero-order chi connectivity index (χ0) is 26.2. The Morgan fingerprint density at radius 3 is 2.00 bits per heavy atom. The Balaban J connectivity index is 1.71. The second-order valence-electron chi connectivity index (χ2n) is 7.76. The highest BCUT2D eigenvalue weighted by molar-refractivity contribution is 7.89. The number of sulfonamides is 1. The lowest BCUT2D eigenvalue weighted by Gasteiger charge is -2.30. The minimum absolute atomic E-state index is 0.0139. The van der Waals surface area contributed by atoms with Crippen LogP contribution in [0.25, 0.3) is 0 Å². The Morgan fingerprint density at radius 2 is 1.54 bits per heavy atom.